The zero-order valence-corrected chi connectivity index (χ0v) is 5.96. The summed E-state index contributed by atoms with van der Waals surface area (Å²) >= 11 is 0. The predicted octanol–water partition coefficient (Wildman–Crippen LogP) is 1.63. The second kappa shape index (κ2) is 3.71. The van der Waals surface area contributed by atoms with Gasteiger partial charge in [-0.15, -0.1) is 0 Å². The Morgan fingerprint density at radius 2 is 1.88 bits per heavy atom. The second-order valence-corrected chi connectivity index (χ2v) is 3.54. The van der Waals surface area contributed by atoms with Crippen LogP contribution in [-0.2, 0) is 0 Å². The van der Waals surface area contributed by atoms with Crippen LogP contribution in [0.1, 0.15) is 6.92 Å². The lowest BCUT2D eigenvalue weighted by molar-refractivity contribution is 0.392. The van der Waals surface area contributed by atoms with E-state index >= 15 is 0 Å². The number of rotatable bonds is 2. The first-order chi connectivity index (χ1) is 3.68. The second-order valence-electron chi connectivity index (χ2n) is 1.42. The molecule has 0 spiro atoms. The van der Waals surface area contributed by atoms with Crippen molar-refractivity contribution in [2.45, 2.75) is 13.0 Å². The van der Waals surface area contributed by atoms with Gasteiger partial charge in [0, 0.05) is 0 Å². The van der Waals surface area contributed by atoms with E-state index in [1.807, 2.05) is 0 Å². The van der Waals surface area contributed by atoms with Gasteiger partial charge < -0.3 is 0 Å². The SMILES string of the molecule is CC[SiH2]C(F)=C(F)F. The Bertz CT molecular complexity index is 95.5. The quantitative estimate of drug-likeness (QED) is 0.511. The Morgan fingerprint density at radius 3 is 2.00 bits per heavy atom. The van der Waals surface area contributed by atoms with Gasteiger partial charge in [0.05, 0.1) is 9.52 Å². The Morgan fingerprint density at radius 1 is 1.38 bits per heavy atom. The lowest BCUT2D eigenvalue weighted by Gasteiger charge is -1.86. The summed E-state index contributed by atoms with van der Waals surface area (Å²) in [6.07, 6.45) is -2.13. The van der Waals surface area contributed by atoms with Gasteiger partial charge in [0.15, 0.2) is 0 Å². The van der Waals surface area contributed by atoms with Crippen molar-refractivity contribution in [1.29, 1.82) is 0 Å². The fourth-order valence-electron chi connectivity index (χ4n) is 0.314. The van der Waals surface area contributed by atoms with Crippen molar-refractivity contribution < 1.29 is 13.2 Å². The minimum absolute atomic E-state index is 0.559. The van der Waals surface area contributed by atoms with E-state index in [-0.39, 0.29) is 0 Å². The van der Waals surface area contributed by atoms with Gasteiger partial charge in [-0.25, -0.2) is 4.39 Å². The van der Waals surface area contributed by atoms with E-state index in [0.717, 1.165) is 0 Å². The van der Waals surface area contributed by atoms with Crippen molar-refractivity contribution in [2.24, 2.45) is 0 Å². The Balaban J connectivity index is 3.62. The third-order valence-corrected chi connectivity index (χ3v) is 1.88. The molecule has 0 bridgehead atoms. The average Bonchev–Trinajstić information content (AvgIpc) is 1.67. The summed E-state index contributed by atoms with van der Waals surface area (Å²) in [5.74, 6) is 0. The molecule has 0 fully saturated rings. The van der Waals surface area contributed by atoms with Crippen molar-refractivity contribution in [3.8, 4) is 0 Å². The Labute approximate surface area is 48.2 Å². The van der Waals surface area contributed by atoms with Crippen LogP contribution in [0.3, 0.4) is 0 Å². The molecule has 8 heavy (non-hydrogen) atoms. The summed E-state index contributed by atoms with van der Waals surface area (Å²) in [6.45, 7) is 1.70. The van der Waals surface area contributed by atoms with Crippen LogP contribution in [0.4, 0.5) is 13.2 Å². The summed E-state index contributed by atoms with van der Waals surface area (Å²) in [5, 5.41) is 0. The van der Waals surface area contributed by atoms with Crippen LogP contribution in [0.2, 0.25) is 6.04 Å². The summed E-state index contributed by atoms with van der Waals surface area (Å²) in [4.78, 5) is 0. The first-order valence-corrected chi connectivity index (χ1v) is 4.08. The fourth-order valence-corrected chi connectivity index (χ4v) is 0.942. The Hall–Kier alpha value is -0.253. The van der Waals surface area contributed by atoms with E-state index in [1.165, 1.54) is 0 Å². The molecule has 0 aromatic rings. The summed E-state index contributed by atoms with van der Waals surface area (Å²) < 4.78 is 34.0. The predicted molar refractivity (Wildman–Crippen MR) is 29.4 cm³/mol. The fraction of sp³-hybridized carbons (Fsp3) is 0.500. The van der Waals surface area contributed by atoms with Crippen LogP contribution in [-0.4, -0.2) is 9.52 Å². The molecule has 0 atom stereocenters. The van der Waals surface area contributed by atoms with Gasteiger partial charge in [0.25, 0.3) is 6.08 Å². The van der Waals surface area contributed by atoms with Crippen molar-refractivity contribution >= 4 is 9.52 Å². The molecule has 0 nitrogen and oxygen atoms in total. The monoisotopic (exact) mass is 140 g/mol. The topological polar surface area (TPSA) is 0 Å². The van der Waals surface area contributed by atoms with E-state index < -0.39 is 21.1 Å². The van der Waals surface area contributed by atoms with Crippen molar-refractivity contribution in [3.05, 3.63) is 11.5 Å². The molecule has 0 aliphatic carbocycles. The van der Waals surface area contributed by atoms with Crippen molar-refractivity contribution in [3.63, 3.8) is 0 Å². The number of hydrogen-bond donors (Lipinski definition) is 0. The van der Waals surface area contributed by atoms with E-state index in [9.17, 15) is 13.2 Å². The van der Waals surface area contributed by atoms with Gasteiger partial charge >= 0.3 is 0 Å². The molecule has 4 heteroatoms. The molecule has 0 heterocycles. The highest BCUT2D eigenvalue weighted by Crippen LogP contribution is 2.07. The molecule has 0 radical (unpaired) electrons. The first-order valence-electron chi connectivity index (χ1n) is 2.38. The van der Waals surface area contributed by atoms with Crippen LogP contribution < -0.4 is 0 Å². The molecule has 48 valence electrons. The molecule has 0 aliphatic rings. The van der Waals surface area contributed by atoms with Crippen LogP contribution in [0.25, 0.3) is 0 Å². The molecule has 0 amide bonds. The van der Waals surface area contributed by atoms with Gasteiger partial charge in [-0.05, 0) is 0 Å². The number of hydrogen-bond acceptors (Lipinski definition) is 0. The van der Waals surface area contributed by atoms with Gasteiger partial charge in [-0.2, -0.15) is 8.78 Å². The average molecular weight is 140 g/mol. The van der Waals surface area contributed by atoms with Crippen molar-refractivity contribution in [2.75, 3.05) is 0 Å². The van der Waals surface area contributed by atoms with E-state index in [2.05, 4.69) is 0 Å². The van der Waals surface area contributed by atoms with Crippen LogP contribution in [0.5, 0.6) is 0 Å². The molecule has 0 aliphatic heterocycles. The first kappa shape index (κ1) is 7.75. The highest BCUT2D eigenvalue weighted by molar-refractivity contribution is 6.44. The molecular formula is C4H7F3Si. The van der Waals surface area contributed by atoms with Gasteiger partial charge in [-0.3, -0.25) is 0 Å². The molecular weight excluding hydrogens is 133 g/mol. The minimum atomic E-state index is -2.13. The third kappa shape index (κ3) is 2.84. The normalized spacial score (nSPS) is 10.5. The molecule has 0 aromatic carbocycles. The molecule has 0 saturated carbocycles. The van der Waals surface area contributed by atoms with Crippen LogP contribution in [0.15, 0.2) is 11.5 Å². The lowest BCUT2D eigenvalue weighted by Crippen LogP contribution is -1.87. The lowest BCUT2D eigenvalue weighted by atomic mass is 11.0. The van der Waals surface area contributed by atoms with Gasteiger partial charge in [0.1, 0.15) is 5.45 Å². The van der Waals surface area contributed by atoms with Gasteiger partial charge in [0.2, 0.25) is 0 Å². The Kier molecular flexibility index (Phi) is 3.60. The third-order valence-electron chi connectivity index (χ3n) is 0.675. The summed E-state index contributed by atoms with van der Waals surface area (Å²) in [5.41, 5.74) is -1.15. The maximum Gasteiger partial charge on any atom is 0.295 e. The van der Waals surface area contributed by atoms with Crippen LogP contribution in [0, 0.1) is 0 Å². The van der Waals surface area contributed by atoms with E-state index in [0.29, 0.717) is 6.04 Å². The van der Waals surface area contributed by atoms with Gasteiger partial charge in [-0.1, -0.05) is 13.0 Å². The molecule has 0 aromatic heterocycles. The molecule has 0 N–H and O–H groups in total. The summed E-state index contributed by atoms with van der Waals surface area (Å²) in [7, 11) is -1.24. The molecule has 0 saturated heterocycles. The molecule has 0 rings (SSSR count). The smallest absolute Gasteiger partial charge is 0.212 e. The van der Waals surface area contributed by atoms with E-state index in [1.54, 1.807) is 6.92 Å². The van der Waals surface area contributed by atoms with Crippen molar-refractivity contribution in [1.82, 2.24) is 0 Å². The zero-order valence-electron chi connectivity index (χ0n) is 4.55. The maximum atomic E-state index is 11.7. The zero-order chi connectivity index (χ0) is 6.57. The number of halogens is 3. The largest absolute Gasteiger partial charge is 0.295 e. The summed E-state index contributed by atoms with van der Waals surface area (Å²) in [6, 6.07) is 0.559. The maximum absolute atomic E-state index is 11.7. The molecule has 0 unspecified atom stereocenters. The highest BCUT2D eigenvalue weighted by Gasteiger charge is 2.01. The minimum Gasteiger partial charge on any atom is -0.212 e. The van der Waals surface area contributed by atoms with Crippen LogP contribution >= 0.6 is 0 Å². The standard InChI is InChI=1S/C4H7F3Si/c1-2-8-4(7)3(5)6/h2,8H2,1H3. The van der Waals surface area contributed by atoms with E-state index in [4.69, 9.17) is 0 Å². The highest BCUT2D eigenvalue weighted by atomic mass is 28.2.